The van der Waals surface area contributed by atoms with Crippen molar-refractivity contribution in [3.8, 4) is 6.07 Å². The van der Waals surface area contributed by atoms with E-state index in [0.717, 1.165) is 31.8 Å². The van der Waals surface area contributed by atoms with Crippen LogP contribution >= 0.6 is 24.0 Å². The molecule has 25 heavy (non-hydrogen) atoms. The fourth-order valence-electron chi connectivity index (χ4n) is 2.22. The summed E-state index contributed by atoms with van der Waals surface area (Å²) in [6, 6.07) is 2.08. The van der Waals surface area contributed by atoms with Crippen LogP contribution in [-0.2, 0) is 14.3 Å². The normalized spacial score (nSPS) is 17.5. The van der Waals surface area contributed by atoms with Gasteiger partial charge < -0.3 is 15.0 Å². The molecule has 1 rings (SSSR count). The molecule has 1 heterocycles. The summed E-state index contributed by atoms with van der Waals surface area (Å²) in [5, 5.41) is 11.8. The van der Waals surface area contributed by atoms with E-state index < -0.39 is 24.0 Å². The summed E-state index contributed by atoms with van der Waals surface area (Å²) < 4.78 is 5.67. The number of amides is 1. The smallest absolute Gasteiger partial charge is 0.316 e. The van der Waals surface area contributed by atoms with E-state index in [1.165, 1.54) is 11.8 Å². The van der Waals surface area contributed by atoms with Gasteiger partial charge in [0.1, 0.15) is 9.86 Å². The highest BCUT2D eigenvalue weighted by Gasteiger charge is 2.30. The minimum atomic E-state index is -0.981. The second-order valence-electron chi connectivity index (χ2n) is 6.90. The minimum Gasteiger partial charge on any atom is -0.455 e. The van der Waals surface area contributed by atoms with Crippen LogP contribution in [0.25, 0.3) is 0 Å². The average Bonchev–Trinajstić information content (AvgIpc) is 2.58. The molecule has 0 spiro atoms. The van der Waals surface area contributed by atoms with E-state index in [1.54, 1.807) is 6.92 Å². The lowest BCUT2D eigenvalue weighted by molar-refractivity contribution is -0.146. The monoisotopic (exact) mass is 385 g/mol. The topological polar surface area (TPSA) is 82.4 Å². The predicted molar refractivity (Wildman–Crippen MR) is 103 cm³/mol. The van der Waals surface area contributed by atoms with Crippen molar-refractivity contribution >= 4 is 40.2 Å². The molecule has 8 heteroatoms. The van der Waals surface area contributed by atoms with E-state index in [0.29, 0.717) is 4.32 Å². The zero-order valence-corrected chi connectivity index (χ0v) is 17.0. The lowest BCUT2D eigenvalue weighted by Crippen LogP contribution is -2.50. The Labute approximate surface area is 159 Å². The number of likely N-dealkylation sites (tertiary alicyclic amines) is 1. The third-order valence-corrected chi connectivity index (χ3v) is 6.00. The van der Waals surface area contributed by atoms with Crippen LogP contribution in [0.4, 0.5) is 0 Å². The van der Waals surface area contributed by atoms with Crippen molar-refractivity contribution in [1.82, 2.24) is 10.2 Å². The first kappa shape index (κ1) is 21.7. The Morgan fingerprint density at radius 1 is 1.44 bits per heavy atom. The molecule has 0 radical (unpaired) electrons. The minimum absolute atomic E-state index is 0.0580. The van der Waals surface area contributed by atoms with Crippen LogP contribution in [0.1, 0.15) is 40.5 Å². The van der Waals surface area contributed by atoms with Crippen LogP contribution in [0.3, 0.4) is 0 Å². The first-order chi connectivity index (χ1) is 11.7. The van der Waals surface area contributed by atoms with Gasteiger partial charge in [0.2, 0.25) is 0 Å². The van der Waals surface area contributed by atoms with Crippen LogP contribution < -0.4 is 5.32 Å². The molecule has 1 N–H and O–H groups in total. The highest BCUT2D eigenvalue weighted by Crippen LogP contribution is 2.20. The van der Waals surface area contributed by atoms with Gasteiger partial charge in [0.05, 0.1) is 11.8 Å². The fourth-order valence-corrected chi connectivity index (χ4v) is 3.27. The molecule has 1 atom stereocenters. The van der Waals surface area contributed by atoms with Crippen LogP contribution in [0.15, 0.2) is 0 Å². The zero-order chi connectivity index (χ0) is 19.0. The number of nitriles is 1. The predicted octanol–water partition coefficient (Wildman–Crippen LogP) is 2.33. The Bertz CT molecular complexity index is 540. The number of piperidine rings is 1. The van der Waals surface area contributed by atoms with Gasteiger partial charge in [-0.1, -0.05) is 44.8 Å². The number of rotatable bonds is 6. The summed E-state index contributed by atoms with van der Waals surface area (Å²) >= 11 is 6.61. The number of carbonyl (C=O) groups is 2. The van der Waals surface area contributed by atoms with Crippen LogP contribution in [0.5, 0.6) is 0 Å². The number of hydrogen-bond acceptors (Lipinski definition) is 6. The lowest BCUT2D eigenvalue weighted by Gasteiger charge is -2.31. The second kappa shape index (κ2) is 9.97. The molecular formula is C17H27N3O3S2. The molecule has 0 aromatic rings. The molecule has 1 aliphatic heterocycles. The molecule has 0 aromatic carbocycles. The molecule has 6 nitrogen and oxygen atoms in total. The van der Waals surface area contributed by atoms with Gasteiger partial charge in [-0.2, -0.15) is 5.26 Å². The van der Waals surface area contributed by atoms with Gasteiger partial charge in [0, 0.05) is 13.1 Å². The number of thiocarbonyl (C=S) groups is 1. The molecule has 1 amide bonds. The largest absolute Gasteiger partial charge is 0.455 e. The van der Waals surface area contributed by atoms with Gasteiger partial charge in [0.15, 0.2) is 6.61 Å². The Hall–Kier alpha value is -1.33. The van der Waals surface area contributed by atoms with E-state index in [4.69, 9.17) is 17.0 Å². The molecule has 0 bridgehead atoms. The maximum absolute atomic E-state index is 11.9. The number of thioether (sulfide) groups is 1. The first-order valence-corrected chi connectivity index (χ1v) is 9.87. The van der Waals surface area contributed by atoms with Gasteiger partial charge >= 0.3 is 5.97 Å². The number of nitrogens with zero attached hydrogens (tertiary/aromatic N) is 2. The SMILES string of the molecule is CC1CCN(C(=S)SCC(=O)OCC(=O)N[C@](C)(C#N)C(C)C)CC1. The van der Waals surface area contributed by atoms with Crippen molar-refractivity contribution in [2.45, 2.75) is 46.1 Å². The van der Waals surface area contributed by atoms with Crippen LogP contribution in [0.2, 0.25) is 0 Å². The summed E-state index contributed by atoms with van der Waals surface area (Å²) in [5.74, 6) is -0.229. The quantitative estimate of drug-likeness (QED) is 0.555. The third-order valence-electron chi connectivity index (χ3n) is 4.51. The molecule has 0 aliphatic carbocycles. The molecule has 1 aliphatic rings. The molecular weight excluding hydrogens is 358 g/mol. The molecule has 0 saturated carbocycles. The number of esters is 1. The zero-order valence-electron chi connectivity index (χ0n) is 15.3. The molecule has 1 saturated heterocycles. The van der Waals surface area contributed by atoms with Gasteiger partial charge in [-0.25, -0.2) is 0 Å². The van der Waals surface area contributed by atoms with Gasteiger partial charge in [-0.3, -0.25) is 9.59 Å². The highest BCUT2D eigenvalue weighted by atomic mass is 32.2. The Balaban J connectivity index is 2.29. The van der Waals surface area contributed by atoms with Gasteiger partial charge in [-0.05, 0) is 31.6 Å². The van der Waals surface area contributed by atoms with Crippen molar-refractivity contribution in [3.05, 3.63) is 0 Å². The third kappa shape index (κ3) is 7.20. The van der Waals surface area contributed by atoms with Crippen molar-refractivity contribution in [1.29, 1.82) is 5.26 Å². The maximum atomic E-state index is 11.9. The van der Waals surface area contributed by atoms with Crippen LogP contribution in [0, 0.1) is 23.2 Å². The molecule has 1 fully saturated rings. The summed E-state index contributed by atoms with van der Waals surface area (Å²) in [4.78, 5) is 25.8. The van der Waals surface area contributed by atoms with Gasteiger partial charge in [0.25, 0.3) is 5.91 Å². The van der Waals surface area contributed by atoms with E-state index >= 15 is 0 Å². The Kier molecular flexibility index (Phi) is 8.66. The molecule has 140 valence electrons. The van der Waals surface area contributed by atoms with Gasteiger partial charge in [-0.15, -0.1) is 0 Å². The van der Waals surface area contributed by atoms with E-state index in [9.17, 15) is 14.9 Å². The highest BCUT2D eigenvalue weighted by molar-refractivity contribution is 8.23. The average molecular weight is 386 g/mol. The number of carbonyl (C=O) groups excluding carboxylic acids is 2. The molecule has 0 aromatic heterocycles. The standard InChI is InChI=1S/C17H27N3O3S2/c1-12(2)17(4,11-18)19-14(21)9-23-15(22)10-25-16(24)20-7-5-13(3)6-8-20/h12-13H,5-10H2,1-4H3,(H,19,21)/t17-/m1/s1. The maximum Gasteiger partial charge on any atom is 0.316 e. The fraction of sp³-hybridized carbons (Fsp3) is 0.765. The van der Waals surface area contributed by atoms with Crippen molar-refractivity contribution in [3.63, 3.8) is 0 Å². The van der Waals surface area contributed by atoms with Crippen molar-refractivity contribution in [2.75, 3.05) is 25.4 Å². The lowest BCUT2D eigenvalue weighted by atomic mass is 9.90. The second-order valence-corrected chi connectivity index (χ2v) is 8.51. The Morgan fingerprint density at radius 3 is 2.56 bits per heavy atom. The Morgan fingerprint density at radius 2 is 2.04 bits per heavy atom. The first-order valence-electron chi connectivity index (χ1n) is 8.47. The van der Waals surface area contributed by atoms with E-state index in [1.807, 2.05) is 13.8 Å². The number of hydrogen-bond donors (Lipinski definition) is 1. The van der Waals surface area contributed by atoms with Crippen molar-refractivity contribution < 1.29 is 14.3 Å². The number of ether oxygens (including phenoxy) is 1. The number of nitrogens with one attached hydrogen (secondary N) is 1. The van der Waals surface area contributed by atoms with Crippen LogP contribution in [-0.4, -0.2) is 52.1 Å². The summed E-state index contributed by atoms with van der Waals surface area (Å²) in [5.41, 5.74) is -0.981. The summed E-state index contributed by atoms with van der Waals surface area (Å²) in [6.07, 6.45) is 2.22. The summed E-state index contributed by atoms with van der Waals surface area (Å²) in [7, 11) is 0. The van der Waals surface area contributed by atoms with Crippen molar-refractivity contribution in [2.24, 2.45) is 11.8 Å². The summed E-state index contributed by atoms with van der Waals surface area (Å²) in [6.45, 7) is 9.01. The van der Waals surface area contributed by atoms with E-state index in [-0.39, 0.29) is 11.7 Å². The van der Waals surface area contributed by atoms with E-state index in [2.05, 4.69) is 23.2 Å². The molecule has 0 unspecified atom stereocenters.